The molecule has 0 aromatic heterocycles. The van der Waals surface area contributed by atoms with Crippen LogP contribution in [0.2, 0.25) is 0 Å². The zero-order valence-corrected chi connectivity index (χ0v) is 11.9. The van der Waals surface area contributed by atoms with Gasteiger partial charge in [0, 0.05) is 16.9 Å². The molecule has 108 valence electrons. The molecule has 4 nitrogen and oxygen atoms in total. The number of hydrogen-bond acceptors (Lipinski definition) is 4. The fraction of sp³-hybridized carbons (Fsp3) is 0.438. The van der Waals surface area contributed by atoms with Crippen molar-refractivity contribution in [2.45, 2.75) is 44.6 Å². The highest BCUT2D eigenvalue weighted by atomic mass is 16.5. The van der Waals surface area contributed by atoms with E-state index in [0.29, 0.717) is 22.9 Å². The van der Waals surface area contributed by atoms with Gasteiger partial charge in [0.2, 0.25) is 0 Å². The number of carbonyl (C=O) groups excluding carboxylic acids is 1. The first kappa shape index (κ1) is 14.4. The molecule has 0 radical (unpaired) electrons. The second-order valence-electron chi connectivity index (χ2n) is 5.59. The largest absolute Gasteiger partial charge is 0.459 e. The number of nitrogens with two attached hydrogens (primary N) is 2. The molecule has 4 heteroatoms. The SMILES string of the molecule is C=C(C)C(=O)OC1CCC(c2cc(N)cc(N)c2)CC1. The highest BCUT2D eigenvalue weighted by Gasteiger charge is 2.25. The molecule has 20 heavy (non-hydrogen) atoms. The molecule has 1 aliphatic carbocycles. The monoisotopic (exact) mass is 274 g/mol. The Balaban J connectivity index is 1.94. The fourth-order valence-corrected chi connectivity index (χ4v) is 2.70. The minimum Gasteiger partial charge on any atom is -0.459 e. The van der Waals surface area contributed by atoms with Gasteiger partial charge in [-0.2, -0.15) is 0 Å². The van der Waals surface area contributed by atoms with Crippen molar-refractivity contribution < 1.29 is 9.53 Å². The van der Waals surface area contributed by atoms with Gasteiger partial charge in [-0.25, -0.2) is 4.79 Å². The van der Waals surface area contributed by atoms with Gasteiger partial charge in [0.25, 0.3) is 0 Å². The van der Waals surface area contributed by atoms with E-state index in [4.69, 9.17) is 16.2 Å². The summed E-state index contributed by atoms with van der Waals surface area (Å²) in [5.74, 6) is 0.155. The van der Waals surface area contributed by atoms with Crippen molar-refractivity contribution in [3.8, 4) is 0 Å². The van der Waals surface area contributed by atoms with Crippen LogP contribution in [0, 0.1) is 0 Å². The Morgan fingerprint density at radius 1 is 1.15 bits per heavy atom. The summed E-state index contributed by atoms with van der Waals surface area (Å²) in [5.41, 5.74) is 14.7. The normalized spacial score (nSPS) is 22.2. The molecule has 0 aliphatic heterocycles. The van der Waals surface area contributed by atoms with Crippen molar-refractivity contribution in [3.05, 3.63) is 35.9 Å². The minimum atomic E-state index is -0.290. The summed E-state index contributed by atoms with van der Waals surface area (Å²) < 4.78 is 5.40. The lowest BCUT2D eigenvalue weighted by Gasteiger charge is -2.29. The standard InChI is InChI=1S/C16H22N2O2/c1-10(2)16(19)20-15-5-3-11(4-6-15)12-7-13(17)9-14(18)8-12/h7-9,11,15H,1,3-6,17-18H2,2H3. The van der Waals surface area contributed by atoms with E-state index >= 15 is 0 Å². The summed E-state index contributed by atoms with van der Waals surface area (Å²) in [6.45, 7) is 5.27. The molecule has 0 spiro atoms. The Morgan fingerprint density at radius 3 is 2.20 bits per heavy atom. The summed E-state index contributed by atoms with van der Waals surface area (Å²) >= 11 is 0. The van der Waals surface area contributed by atoms with E-state index in [9.17, 15) is 4.79 Å². The van der Waals surface area contributed by atoms with Crippen LogP contribution in [0.1, 0.15) is 44.1 Å². The number of esters is 1. The van der Waals surface area contributed by atoms with Crippen molar-refractivity contribution in [2.75, 3.05) is 11.5 Å². The molecule has 0 unspecified atom stereocenters. The van der Waals surface area contributed by atoms with E-state index in [1.54, 1.807) is 13.0 Å². The second-order valence-corrected chi connectivity index (χ2v) is 5.59. The first-order valence-corrected chi connectivity index (χ1v) is 6.98. The molecule has 1 aromatic rings. The fourth-order valence-electron chi connectivity index (χ4n) is 2.70. The molecule has 0 heterocycles. The van der Waals surface area contributed by atoms with Gasteiger partial charge in [0.15, 0.2) is 0 Å². The number of ether oxygens (including phenoxy) is 1. The molecule has 0 bridgehead atoms. The Bertz CT molecular complexity index is 497. The zero-order chi connectivity index (χ0) is 14.7. The predicted octanol–water partition coefficient (Wildman–Crippen LogP) is 3.00. The van der Waals surface area contributed by atoms with E-state index < -0.39 is 0 Å². The molecular weight excluding hydrogens is 252 g/mol. The maximum absolute atomic E-state index is 11.5. The van der Waals surface area contributed by atoms with Crippen molar-refractivity contribution in [3.63, 3.8) is 0 Å². The third-order valence-corrected chi connectivity index (χ3v) is 3.77. The average Bonchev–Trinajstić information content (AvgIpc) is 2.38. The number of carbonyl (C=O) groups is 1. The van der Waals surface area contributed by atoms with Gasteiger partial charge in [-0.1, -0.05) is 6.58 Å². The summed E-state index contributed by atoms with van der Waals surface area (Å²) in [7, 11) is 0. The molecular formula is C16H22N2O2. The van der Waals surface area contributed by atoms with Gasteiger partial charge < -0.3 is 16.2 Å². The molecule has 0 amide bonds. The van der Waals surface area contributed by atoms with E-state index in [0.717, 1.165) is 25.7 Å². The van der Waals surface area contributed by atoms with Crippen LogP contribution in [0.15, 0.2) is 30.4 Å². The Hall–Kier alpha value is -1.97. The highest BCUT2D eigenvalue weighted by Crippen LogP contribution is 2.35. The van der Waals surface area contributed by atoms with E-state index in [1.807, 2.05) is 12.1 Å². The lowest BCUT2D eigenvalue weighted by molar-refractivity contribution is -0.145. The number of hydrogen-bond donors (Lipinski definition) is 2. The van der Waals surface area contributed by atoms with Crippen LogP contribution < -0.4 is 11.5 Å². The Labute approximate surface area is 119 Å². The molecule has 1 fully saturated rings. The lowest BCUT2D eigenvalue weighted by atomic mass is 9.82. The Kier molecular flexibility index (Phi) is 4.32. The average molecular weight is 274 g/mol. The molecule has 1 aliphatic rings. The second kappa shape index (κ2) is 5.99. The molecule has 1 aromatic carbocycles. The van der Waals surface area contributed by atoms with Crippen molar-refractivity contribution in [1.29, 1.82) is 0 Å². The third-order valence-electron chi connectivity index (χ3n) is 3.77. The molecule has 2 rings (SSSR count). The topological polar surface area (TPSA) is 78.3 Å². The van der Waals surface area contributed by atoms with Crippen LogP contribution in [-0.4, -0.2) is 12.1 Å². The number of anilines is 2. The van der Waals surface area contributed by atoms with Gasteiger partial charge >= 0.3 is 5.97 Å². The van der Waals surface area contributed by atoms with Crippen molar-refractivity contribution in [1.82, 2.24) is 0 Å². The predicted molar refractivity (Wildman–Crippen MR) is 81.2 cm³/mol. The number of nitrogen functional groups attached to an aromatic ring is 2. The number of benzene rings is 1. The van der Waals surface area contributed by atoms with Gasteiger partial charge in [0.05, 0.1) is 0 Å². The third kappa shape index (κ3) is 3.53. The van der Waals surface area contributed by atoms with Gasteiger partial charge in [-0.15, -0.1) is 0 Å². The van der Waals surface area contributed by atoms with Gasteiger partial charge in [0.1, 0.15) is 6.10 Å². The summed E-state index contributed by atoms with van der Waals surface area (Å²) in [6.07, 6.45) is 3.72. The first-order chi connectivity index (χ1) is 9.45. The van der Waals surface area contributed by atoms with Crippen LogP contribution >= 0.6 is 0 Å². The smallest absolute Gasteiger partial charge is 0.333 e. The van der Waals surface area contributed by atoms with Crippen LogP contribution in [0.3, 0.4) is 0 Å². The maximum atomic E-state index is 11.5. The molecule has 1 saturated carbocycles. The van der Waals surface area contributed by atoms with Crippen molar-refractivity contribution >= 4 is 17.3 Å². The molecule has 4 N–H and O–H groups in total. The highest BCUT2D eigenvalue weighted by molar-refractivity contribution is 5.87. The van der Waals surface area contributed by atoms with E-state index in [2.05, 4.69) is 6.58 Å². The van der Waals surface area contributed by atoms with Crippen LogP contribution in [0.25, 0.3) is 0 Å². The van der Waals surface area contributed by atoms with E-state index in [1.165, 1.54) is 5.56 Å². The maximum Gasteiger partial charge on any atom is 0.333 e. The summed E-state index contributed by atoms with van der Waals surface area (Å²) in [4.78, 5) is 11.5. The summed E-state index contributed by atoms with van der Waals surface area (Å²) in [5, 5.41) is 0. The molecule has 0 saturated heterocycles. The summed E-state index contributed by atoms with van der Waals surface area (Å²) in [6, 6.07) is 5.74. The van der Waals surface area contributed by atoms with Crippen LogP contribution in [0.5, 0.6) is 0 Å². The number of rotatable bonds is 3. The zero-order valence-electron chi connectivity index (χ0n) is 11.9. The van der Waals surface area contributed by atoms with Crippen molar-refractivity contribution in [2.24, 2.45) is 0 Å². The Morgan fingerprint density at radius 2 is 1.70 bits per heavy atom. The van der Waals surface area contributed by atoms with E-state index in [-0.39, 0.29) is 12.1 Å². The first-order valence-electron chi connectivity index (χ1n) is 6.98. The quantitative estimate of drug-likeness (QED) is 0.504. The van der Waals surface area contributed by atoms with Gasteiger partial charge in [-0.3, -0.25) is 0 Å². The molecule has 0 atom stereocenters. The minimum absolute atomic E-state index is 0.00820. The van der Waals surface area contributed by atoms with Gasteiger partial charge in [-0.05, 0) is 62.3 Å². The lowest BCUT2D eigenvalue weighted by Crippen LogP contribution is -2.24. The van der Waals surface area contributed by atoms with Crippen LogP contribution in [0.4, 0.5) is 11.4 Å². The van der Waals surface area contributed by atoms with Crippen LogP contribution in [-0.2, 0) is 9.53 Å².